The van der Waals surface area contributed by atoms with Gasteiger partial charge in [0.2, 0.25) is 11.8 Å². The average molecular weight is 491 g/mol. The number of ether oxygens (including phenoxy) is 1. The van der Waals surface area contributed by atoms with Crippen molar-refractivity contribution in [3.63, 3.8) is 0 Å². The number of nitrogens with zero attached hydrogens (tertiary/aromatic N) is 1. The van der Waals surface area contributed by atoms with Crippen LogP contribution in [0.15, 0.2) is 30.3 Å². The van der Waals surface area contributed by atoms with Crippen molar-refractivity contribution in [2.75, 3.05) is 13.7 Å². The highest BCUT2D eigenvalue weighted by molar-refractivity contribution is 6.01. The molecule has 2 atom stereocenters. The molecular weight excluding hydrogens is 460 g/mol. The fourth-order valence-electron chi connectivity index (χ4n) is 3.24. The molecule has 35 heavy (non-hydrogen) atoms. The van der Waals surface area contributed by atoms with Crippen molar-refractivity contribution in [3.05, 3.63) is 35.9 Å². The maximum absolute atomic E-state index is 13.1. The largest absolute Gasteiger partial charge is 0.453 e. The van der Waals surface area contributed by atoms with Gasteiger partial charge in [-0.25, -0.2) is 9.59 Å². The number of imide groups is 1. The van der Waals surface area contributed by atoms with Gasteiger partial charge in [-0.2, -0.15) is 0 Å². The molecule has 0 aliphatic carbocycles. The number of carbonyl (C=O) groups is 6. The standard InChI is InChI=1S/C23H30N4O8/c1-23(2,3)19(26-22(33)34-4)21(32)25-15(12-14-8-6-5-7-9-14)20(31)24-13-18(30)35-27-16(28)10-11-17(27)29/h5-9,15,19H,10-13H2,1-4H3,(H,24,31)(H,25,32)(H,26,33)/t15-,19+/m0/s1. The molecule has 0 saturated carbocycles. The minimum Gasteiger partial charge on any atom is -0.453 e. The predicted molar refractivity (Wildman–Crippen MR) is 121 cm³/mol. The van der Waals surface area contributed by atoms with Crippen molar-refractivity contribution in [3.8, 4) is 0 Å². The molecule has 1 fully saturated rings. The van der Waals surface area contributed by atoms with Crippen molar-refractivity contribution < 1.29 is 38.3 Å². The third-order valence-corrected chi connectivity index (χ3v) is 5.10. The molecule has 1 heterocycles. The van der Waals surface area contributed by atoms with Gasteiger partial charge >= 0.3 is 12.1 Å². The summed E-state index contributed by atoms with van der Waals surface area (Å²) in [4.78, 5) is 77.7. The van der Waals surface area contributed by atoms with E-state index in [0.29, 0.717) is 5.06 Å². The molecule has 3 N–H and O–H groups in total. The van der Waals surface area contributed by atoms with E-state index in [1.165, 1.54) is 7.11 Å². The van der Waals surface area contributed by atoms with Gasteiger partial charge in [-0.3, -0.25) is 19.2 Å². The maximum atomic E-state index is 13.1. The van der Waals surface area contributed by atoms with Crippen LogP contribution in [0.1, 0.15) is 39.2 Å². The smallest absolute Gasteiger partial charge is 0.407 e. The second-order valence-corrected chi connectivity index (χ2v) is 8.95. The zero-order valence-corrected chi connectivity index (χ0v) is 20.1. The first-order valence-corrected chi connectivity index (χ1v) is 11.0. The predicted octanol–water partition coefficient (Wildman–Crippen LogP) is 0.208. The highest BCUT2D eigenvalue weighted by atomic mass is 16.7. The number of amides is 5. The van der Waals surface area contributed by atoms with Gasteiger partial charge in [0.15, 0.2) is 0 Å². The lowest BCUT2D eigenvalue weighted by atomic mass is 9.86. The van der Waals surface area contributed by atoms with Crippen LogP contribution >= 0.6 is 0 Å². The van der Waals surface area contributed by atoms with Gasteiger partial charge in [-0.1, -0.05) is 51.1 Å². The Kier molecular flexibility index (Phi) is 9.32. The van der Waals surface area contributed by atoms with E-state index < -0.39 is 59.7 Å². The highest BCUT2D eigenvalue weighted by Crippen LogP contribution is 2.20. The Hall–Kier alpha value is -3.96. The second kappa shape index (κ2) is 12.0. The molecule has 12 nitrogen and oxygen atoms in total. The van der Waals surface area contributed by atoms with Crippen LogP contribution in [-0.4, -0.2) is 66.5 Å². The summed E-state index contributed by atoms with van der Waals surface area (Å²) in [6.07, 6.45) is -0.833. The molecule has 0 spiro atoms. The van der Waals surface area contributed by atoms with E-state index in [-0.39, 0.29) is 19.3 Å². The van der Waals surface area contributed by atoms with Gasteiger partial charge < -0.3 is 25.5 Å². The van der Waals surface area contributed by atoms with Crippen LogP contribution in [0.25, 0.3) is 0 Å². The monoisotopic (exact) mass is 490 g/mol. The maximum Gasteiger partial charge on any atom is 0.407 e. The van der Waals surface area contributed by atoms with Crippen molar-refractivity contribution in [2.24, 2.45) is 5.41 Å². The van der Waals surface area contributed by atoms with Crippen molar-refractivity contribution in [2.45, 2.75) is 52.1 Å². The topological polar surface area (TPSA) is 160 Å². The molecular formula is C23H30N4O8. The summed E-state index contributed by atoms with van der Waals surface area (Å²) >= 11 is 0. The van der Waals surface area contributed by atoms with Crippen molar-refractivity contribution in [1.29, 1.82) is 0 Å². The molecule has 1 aromatic carbocycles. The van der Waals surface area contributed by atoms with Crippen LogP contribution < -0.4 is 16.0 Å². The molecule has 1 aliphatic heterocycles. The minimum absolute atomic E-state index is 0.0573. The number of alkyl carbamates (subject to hydrolysis) is 1. The van der Waals surface area contributed by atoms with E-state index in [4.69, 9.17) is 4.84 Å². The number of hydrogen-bond acceptors (Lipinski definition) is 8. The zero-order chi connectivity index (χ0) is 26.2. The summed E-state index contributed by atoms with van der Waals surface area (Å²) < 4.78 is 4.60. The minimum atomic E-state index is -1.11. The molecule has 1 aromatic rings. The lowest BCUT2D eigenvalue weighted by Gasteiger charge is -2.31. The van der Waals surface area contributed by atoms with E-state index in [1.54, 1.807) is 51.1 Å². The molecule has 190 valence electrons. The fraction of sp³-hybridized carbons (Fsp3) is 0.478. The Morgan fingerprint density at radius 2 is 1.57 bits per heavy atom. The van der Waals surface area contributed by atoms with Crippen LogP contribution in [0.5, 0.6) is 0 Å². The van der Waals surface area contributed by atoms with Gasteiger partial charge in [-0.05, 0) is 11.0 Å². The summed E-state index contributed by atoms with van der Waals surface area (Å²) in [5.74, 6) is -3.64. The molecule has 1 aliphatic rings. The number of carbonyl (C=O) groups excluding carboxylic acids is 6. The lowest BCUT2D eigenvalue weighted by Crippen LogP contribution is -2.58. The van der Waals surface area contributed by atoms with E-state index in [1.807, 2.05) is 0 Å². The normalized spacial score (nSPS) is 15.1. The Labute approximate surface area is 202 Å². The van der Waals surface area contributed by atoms with E-state index in [2.05, 4.69) is 20.7 Å². The van der Waals surface area contributed by atoms with Gasteiger partial charge in [0, 0.05) is 19.3 Å². The first-order valence-electron chi connectivity index (χ1n) is 11.0. The Morgan fingerprint density at radius 1 is 0.971 bits per heavy atom. The van der Waals surface area contributed by atoms with Gasteiger partial charge in [0.05, 0.1) is 7.11 Å². The first-order chi connectivity index (χ1) is 16.4. The zero-order valence-electron chi connectivity index (χ0n) is 20.1. The first kappa shape index (κ1) is 27.3. The SMILES string of the molecule is COC(=O)N[C@H](C(=O)N[C@@H](Cc1ccccc1)C(=O)NCC(=O)ON1C(=O)CCC1=O)C(C)(C)C. The van der Waals surface area contributed by atoms with Crippen molar-refractivity contribution >= 4 is 35.7 Å². The molecule has 5 amide bonds. The van der Waals surface area contributed by atoms with Gasteiger partial charge in [0.1, 0.15) is 18.6 Å². The van der Waals surface area contributed by atoms with Crippen molar-refractivity contribution in [1.82, 2.24) is 21.0 Å². The molecule has 0 bridgehead atoms. The number of nitrogens with one attached hydrogen (secondary N) is 3. The van der Waals surface area contributed by atoms with Crippen LogP contribution in [-0.2, 0) is 40.0 Å². The summed E-state index contributed by atoms with van der Waals surface area (Å²) in [5.41, 5.74) is 0.0158. The molecule has 0 radical (unpaired) electrons. The molecule has 2 rings (SSSR count). The van der Waals surface area contributed by atoms with Gasteiger partial charge in [0.25, 0.3) is 11.8 Å². The number of hydroxylamine groups is 2. The quantitative estimate of drug-likeness (QED) is 0.414. The van der Waals surface area contributed by atoms with E-state index in [9.17, 15) is 28.8 Å². The summed E-state index contributed by atoms with van der Waals surface area (Å²) in [5, 5.41) is 7.82. The Morgan fingerprint density at radius 3 is 2.11 bits per heavy atom. The fourth-order valence-corrected chi connectivity index (χ4v) is 3.24. The third kappa shape index (κ3) is 8.09. The number of methoxy groups -OCH3 is 1. The van der Waals surface area contributed by atoms with E-state index in [0.717, 1.165) is 5.56 Å². The Bertz CT molecular complexity index is 957. The average Bonchev–Trinajstić information content (AvgIpc) is 3.12. The Balaban J connectivity index is 2.10. The molecule has 0 unspecified atom stereocenters. The van der Waals surface area contributed by atoms with Gasteiger partial charge in [-0.15, -0.1) is 5.06 Å². The van der Waals surface area contributed by atoms with Crippen LogP contribution in [0.4, 0.5) is 4.79 Å². The van der Waals surface area contributed by atoms with E-state index >= 15 is 0 Å². The molecule has 12 heteroatoms. The number of benzene rings is 1. The van der Waals surface area contributed by atoms with Crippen LogP contribution in [0, 0.1) is 5.41 Å². The number of rotatable bonds is 9. The summed E-state index contributed by atoms with van der Waals surface area (Å²) in [6, 6.07) is 6.71. The summed E-state index contributed by atoms with van der Waals surface area (Å²) in [7, 11) is 1.17. The molecule has 1 saturated heterocycles. The highest BCUT2D eigenvalue weighted by Gasteiger charge is 2.36. The summed E-state index contributed by atoms with van der Waals surface area (Å²) in [6.45, 7) is 4.56. The number of hydrogen-bond donors (Lipinski definition) is 3. The third-order valence-electron chi connectivity index (χ3n) is 5.10. The van der Waals surface area contributed by atoms with Crippen LogP contribution in [0.2, 0.25) is 0 Å². The molecule has 0 aromatic heterocycles. The van der Waals surface area contributed by atoms with Crippen LogP contribution in [0.3, 0.4) is 0 Å². The lowest BCUT2D eigenvalue weighted by molar-refractivity contribution is -0.196. The second-order valence-electron chi connectivity index (χ2n) is 8.95.